The zero-order valence-corrected chi connectivity index (χ0v) is 22.5. The maximum atomic E-state index is 13.8. The molecular formula is C26H35N3O9P+. The minimum absolute atomic E-state index is 0.182. The summed E-state index contributed by atoms with van der Waals surface area (Å²) in [5, 5.41) is 23.9. The molecule has 2 aromatic rings. The second-order valence-electron chi connectivity index (χ2n) is 9.70. The maximum Gasteiger partial charge on any atom is 0.459 e. The van der Waals surface area contributed by atoms with E-state index in [4.69, 9.17) is 24.3 Å². The number of hydrogen-bond donors (Lipinski definition) is 4. The van der Waals surface area contributed by atoms with E-state index >= 15 is 0 Å². The van der Waals surface area contributed by atoms with E-state index in [2.05, 4.69) is 5.09 Å². The van der Waals surface area contributed by atoms with E-state index in [0.29, 0.717) is 0 Å². The van der Waals surface area contributed by atoms with Gasteiger partial charge in [-0.2, -0.15) is 9.65 Å². The fourth-order valence-electron chi connectivity index (χ4n) is 4.53. The van der Waals surface area contributed by atoms with Crippen molar-refractivity contribution in [3.05, 3.63) is 60.4 Å². The summed E-state index contributed by atoms with van der Waals surface area (Å²) in [4.78, 5) is 24.3. The molecule has 39 heavy (non-hydrogen) atoms. The number of nitrogens with one attached hydrogen (secondary N) is 1. The molecule has 0 spiro atoms. The summed E-state index contributed by atoms with van der Waals surface area (Å²) in [5.41, 5.74) is 5.51. The van der Waals surface area contributed by atoms with Crippen LogP contribution in [0.25, 0.3) is 0 Å². The quantitative estimate of drug-likeness (QED) is 0.179. The molecular weight excluding hydrogens is 529 g/mol. The Labute approximate surface area is 226 Å². The van der Waals surface area contributed by atoms with Crippen molar-refractivity contribution in [3.8, 4) is 5.75 Å². The second kappa shape index (κ2) is 13.0. The number of nitrogens with two attached hydrogens (primary N) is 1. The third kappa shape index (κ3) is 7.63. The Bertz CT molecular complexity index is 1180. The van der Waals surface area contributed by atoms with E-state index in [-0.39, 0.29) is 17.4 Å². The maximum absolute atomic E-state index is 13.8. The molecule has 2 heterocycles. The first kappa shape index (κ1) is 29.1. The van der Waals surface area contributed by atoms with Crippen LogP contribution >= 0.6 is 7.75 Å². The van der Waals surface area contributed by atoms with Crippen molar-refractivity contribution in [1.29, 1.82) is 0 Å². The number of para-hydroxylation sites is 1. The highest BCUT2D eigenvalue weighted by Gasteiger charge is 2.49. The van der Waals surface area contributed by atoms with Gasteiger partial charge in [0, 0.05) is 6.07 Å². The van der Waals surface area contributed by atoms with Crippen molar-refractivity contribution >= 4 is 19.6 Å². The highest BCUT2D eigenvalue weighted by atomic mass is 31.2. The minimum atomic E-state index is -4.21. The standard InChI is InChI=1S/C26H34N3O9P/c1-17(26(33)36-19-10-4-2-5-11-19)28-39(34,38-20-12-6-3-7-13-20)35-16-21-22(30)23(31)25(37-21)29-14-8-9-18(15-29)24(27)32/h3,6-9,12-15,17,19,21-23,25,30-31H,2,4-5,10-11,16H2,1H3,(H2-,27,28,32,34)/p+1/t17-,21+,22?,23?,25+,39?/m0/s1. The van der Waals surface area contributed by atoms with Gasteiger partial charge in [-0.1, -0.05) is 24.6 Å². The number of aliphatic hydroxyl groups excluding tert-OH is 2. The van der Waals surface area contributed by atoms with E-state index in [9.17, 15) is 24.4 Å². The van der Waals surface area contributed by atoms with Crippen molar-refractivity contribution in [2.75, 3.05) is 6.61 Å². The van der Waals surface area contributed by atoms with Gasteiger partial charge in [0.25, 0.3) is 12.1 Å². The van der Waals surface area contributed by atoms with Crippen LogP contribution in [0.2, 0.25) is 0 Å². The van der Waals surface area contributed by atoms with E-state index in [1.54, 1.807) is 42.6 Å². The van der Waals surface area contributed by atoms with Crippen LogP contribution in [-0.2, 0) is 23.4 Å². The molecule has 0 bridgehead atoms. The van der Waals surface area contributed by atoms with E-state index in [0.717, 1.165) is 32.1 Å². The summed E-state index contributed by atoms with van der Waals surface area (Å²) in [5.74, 6) is -1.02. The van der Waals surface area contributed by atoms with Crippen molar-refractivity contribution in [3.63, 3.8) is 0 Å². The zero-order chi connectivity index (χ0) is 28.0. The summed E-state index contributed by atoms with van der Waals surface area (Å²) in [6.07, 6.45) is 2.40. The molecule has 1 saturated carbocycles. The van der Waals surface area contributed by atoms with Crippen molar-refractivity contribution in [2.45, 2.75) is 75.7 Å². The van der Waals surface area contributed by atoms with Gasteiger partial charge in [-0.15, -0.1) is 0 Å². The Kier molecular flexibility index (Phi) is 9.71. The number of aromatic nitrogens is 1. The molecule has 1 aliphatic heterocycles. The summed E-state index contributed by atoms with van der Waals surface area (Å²) in [6, 6.07) is 10.3. The molecule has 1 aromatic heterocycles. The van der Waals surface area contributed by atoms with Gasteiger partial charge < -0.3 is 29.9 Å². The van der Waals surface area contributed by atoms with Gasteiger partial charge in [0.15, 0.2) is 18.5 Å². The minimum Gasteiger partial charge on any atom is -0.461 e. The number of amides is 1. The van der Waals surface area contributed by atoms with Gasteiger partial charge in [-0.05, 0) is 50.8 Å². The summed E-state index contributed by atoms with van der Waals surface area (Å²) in [7, 11) is -4.21. The Balaban J connectivity index is 1.44. The van der Waals surface area contributed by atoms with Gasteiger partial charge in [0.2, 0.25) is 0 Å². The topological polar surface area (TPSA) is 171 Å². The van der Waals surface area contributed by atoms with Crippen LogP contribution in [-0.4, -0.2) is 59.2 Å². The number of esters is 1. The largest absolute Gasteiger partial charge is 0.461 e. The Morgan fingerprint density at radius 3 is 2.54 bits per heavy atom. The highest BCUT2D eigenvalue weighted by molar-refractivity contribution is 7.52. The molecule has 1 saturated heterocycles. The molecule has 212 valence electrons. The smallest absolute Gasteiger partial charge is 0.459 e. The van der Waals surface area contributed by atoms with Gasteiger partial charge in [-0.25, -0.2) is 4.57 Å². The second-order valence-corrected chi connectivity index (χ2v) is 11.4. The molecule has 6 atom stereocenters. The van der Waals surface area contributed by atoms with Crippen LogP contribution < -0.4 is 19.9 Å². The predicted octanol–water partition coefficient (Wildman–Crippen LogP) is 1.75. The van der Waals surface area contributed by atoms with Crippen LogP contribution in [0.3, 0.4) is 0 Å². The normalized spacial score (nSPS) is 25.9. The van der Waals surface area contributed by atoms with Gasteiger partial charge in [0.1, 0.15) is 35.7 Å². The summed E-state index contributed by atoms with van der Waals surface area (Å²) < 4.78 is 37.8. The molecule has 4 rings (SSSR count). The third-order valence-corrected chi connectivity index (χ3v) is 8.30. The molecule has 2 fully saturated rings. The van der Waals surface area contributed by atoms with Gasteiger partial charge in [0.05, 0.1) is 6.61 Å². The van der Waals surface area contributed by atoms with Gasteiger partial charge >= 0.3 is 13.7 Å². The van der Waals surface area contributed by atoms with Gasteiger partial charge in [-0.3, -0.25) is 14.1 Å². The number of primary amides is 1. The molecule has 1 amide bonds. The number of carbonyl (C=O) groups excluding carboxylic acids is 2. The fourth-order valence-corrected chi connectivity index (χ4v) is 6.03. The number of aliphatic hydroxyl groups is 2. The summed E-state index contributed by atoms with van der Waals surface area (Å²) >= 11 is 0. The lowest BCUT2D eigenvalue weighted by molar-refractivity contribution is -0.765. The highest BCUT2D eigenvalue weighted by Crippen LogP contribution is 2.46. The first-order valence-electron chi connectivity index (χ1n) is 12.9. The average molecular weight is 565 g/mol. The molecule has 2 aliphatic rings. The van der Waals surface area contributed by atoms with Crippen LogP contribution in [0, 0.1) is 0 Å². The SMILES string of the molecule is C[C@H](NP(=O)(OC[C@H]1O[C@@H]([n+]2cccc(C(N)=O)c2)C(O)C1O)Oc1ccccc1)C(=O)OC1CCCCC1. The first-order chi connectivity index (χ1) is 18.6. The monoisotopic (exact) mass is 564 g/mol. The summed E-state index contributed by atoms with van der Waals surface area (Å²) in [6.45, 7) is 1.05. The molecule has 13 heteroatoms. The van der Waals surface area contributed by atoms with E-state index < -0.39 is 56.8 Å². The third-order valence-electron chi connectivity index (χ3n) is 6.66. The van der Waals surface area contributed by atoms with E-state index in [1.807, 2.05) is 0 Å². The lowest BCUT2D eigenvalue weighted by atomic mass is 9.98. The number of rotatable bonds is 11. The number of pyridine rings is 1. The van der Waals surface area contributed by atoms with Crippen molar-refractivity contribution < 1.29 is 47.5 Å². The first-order valence-corrected chi connectivity index (χ1v) is 14.5. The average Bonchev–Trinajstić information content (AvgIpc) is 3.22. The number of benzene rings is 1. The molecule has 3 unspecified atom stereocenters. The Hall–Kier alpha value is -2.86. The van der Waals surface area contributed by atoms with Crippen LogP contribution in [0.4, 0.5) is 0 Å². The number of hydrogen-bond acceptors (Lipinski definition) is 9. The zero-order valence-electron chi connectivity index (χ0n) is 21.6. The number of nitrogens with zero attached hydrogens (tertiary/aromatic N) is 1. The lowest BCUT2D eigenvalue weighted by Gasteiger charge is -2.26. The number of ether oxygens (including phenoxy) is 2. The Morgan fingerprint density at radius 1 is 1.13 bits per heavy atom. The fraction of sp³-hybridized carbons (Fsp3) is 0.500. The van der Waals surface area contributed by atoms with Crippen molar-refractivity contribution in [2.24, 2.45) is 5.73 Å². The van der Waals surface area contributed by atoms with E-state index in [1.165, 1.54) is 23.8 Å². The van der Waals surface area contributed by atoms with Crippen LogP contribution in [0.5, 0.6) is 5.75 Å². The number of carbonyl (C=O) groups is 2. The molecule has 5 N–H and O–H groups in total. The van der Waals surface area contributed by atoms with Crippen molar-refractivity contribution in [1.82, 2.24) is 5.09 Å². The molecule has 1 aromatic carbocycles. The van der Waals surface area contributed by atoms with Crippen LogP contribution in [0.15, 0.2) is 54.9 Å². The Morgan fingerprint density at radius 2 is 1.85 bits per heavy atom. The predicted molar refractivity (Wildman–Crippen MR) is 137 cm³/mol. The van der Waals surface area contributed by atoms with Crippen LogP contribution in [0.1, 0.15) is 55.6 Å². The molecule has 12 nitrogen and oxygen atoms in total. The molecule has 1 aliphatic carbocycles. The molecule has 0 radical (unpaired) electrons. The lowest BCUT2D eigenvalue weighted by Crippen LogP contribution is -2.46.